The molecule has 1 saturated carbocycles. The molecule has 0 spiro atoms. The summed E-state index contributed by atoms with van der Waals surface area (Å²) in [6.45, 7) is 6.42. The third-order valence-electron chi connectivity index (χ3n) is 3.36. The van der Waals surface area contributed by atoms with Crippen LogP contribution in [0.2, 0.25) is 0 Å². The number of nitrogens with zero attached hydrogens (tertiary/aromatic N) is 2. The first-order valence-electron chi connectivity index (χ1n) is 6.83. The maximum Gasteiger partial charge on any atom is 0.138 e. The van der Waals surface area contributed by atoms with Crippen LogP contribution in [0.25, 0.3) is 0 Å². The van der Waals surface area contributed by atoms with Crippen LogP contribution in [0.1, 0.15) is 52.3 Å². The molecule has 18 heavy (non-hydrogen) atoms. The summed E-state index contributed by atoms with van der Waals surface area (Å²) >= 11 is 0. The van der Waals surface area contributed by atoms with Gasteiger partial charge in [-0.15, -0.1) is 0 Å². The molecular weight excluding hydrogens is 224 g/mol. The van der Waals surface area contributed by atoms with Gasteiger partial charge in [-0.25, -0.2) is 9.97 Å². The highest BCUT2D eigenvalue weighted by atomic mass is 15.1. The Kier molecular flexibility index (Phi) is 3.73. The highest BCUT2D eigenvalue weighted by Crippen LogP contribution is 2.25. The predicted octanol–water partition coefficient (Wildman–Crippen LogP) is 3.17. The fraction of sp³-hybridized carbons (Fsp3) is 0.714. The van der Waals surface area contributed by atoms with E-state index in [1.165, 1.54) is 25.7 Å². The number of rotatable bonds is 3. The normalized spacial score (nSPS) is 16.9. The topological polar surface area (TPSA) is 49.8 Å². The smallest absolute Gasteiger partial charge is 0.138 e. The summed E-state index contributed by atoms with van der Waals surface area (Å²) in [6.07, 6.45) is 5.16. The van der Waals surface area contributed by atoms with Crippen LogP contribution in [0.15, 0.2) is 6.07 Å². The number of anilines is 2. The molecule has 100 valence electrons. The summed E-state index contributed by atoms with van der Waals surface area (Å²) in [5.74, 6) is 2.72. The Hall–Kier alpha value is -1.32. The van der Waals surface area contributed by atoms with E-state index in [0.29, 0.717) is 6.04 Å². The Morgan fingerprint density at radius 2 is 1.72 bits per heavy atom. The van der Waals surface area contributed by atoms with Crippen LogP contribution in [0, 0.1) is 0 Å². The molecule has 4 nitrogen and oxygen atoms in total. The number of aromatic nitrogens is 2. The Morgan fingerprint density at radius 1 is 1.11 bits per heavy atom. The second-order valence-corrected chi connectivity index (χ2v) is 6.09. The van der Waals surface area contributed by atoms with Crippen molar-refractivity contribution >= 4 is 11.6 Å². The number of nitrogens with one attached hydrogen (secondary N) is 2. The Labute approximate surface area is 110 Å². The molecule has 2 rings (SSSR count). The molecule has 0 bridgehead atoms. The third kappa shape index (κ3) is 3.12. The summed E-state index contributed by atoms with van der Waals surface area (Å²) < 4.78 is 0. The van der Waals surface area contributed by atoms with Crippen molar-refractivity contribution in [2.75, 3.05) is 17.7 Å². The first kappa shape index (κ1) is 13.1. The van der Waals surface area contributed by atoms with E-state index in [1.807, 2.05) is 13.1 Å². The molecule has 1 aliphatic carbocycles. The fourth-order valence-electron chi connectivity index (χ4n) is 2.26. The molecule has 1 fully saturated rings. The second kappa shape index (κ2) is 5.12. The lowest BCUT2D eigenvalue weighted by Gasteiger charge is -2.20. The van der Waals surface area contributed by atoms with E-state index in [9.17, 15) is 0 Å². The Morgan fingerprint density at radius 3 is 2.28 bits per heavy atom. The first-order valence-corrected chi connectivity index (χ1v) is 6.83. The summed E-state index contributed by atoms with van der Waals surface area (Å²) in [7, 11) is 1.90. The minimum absolute atomic E-state index is 0.0288. The lowest BCUT2D eigenvalue weighted by atomic mass is 9.96. The highest BCUT2D eigenvalue weighted by Gasteiger charge is 2.20. The van der Waals surface area contributed by atoms with E-state index in [-0.39, 0.29) is 5.41 Å². The minimum atomic E-state index is -0.0288. The van der Waals surface area contributed by atoms with Crippen molar-refractivity contribution in [2.45, 2.75) is 57.9 Å². The highest BCUT2D eigenvalue weighted by molar-refractivity contribution is 5.48. The van der Waals surface area contributed by atoms with Crippen LogP contribution < -0.4 is 10.6 Å². The van der Waals surface area contributed by atoms with E-state index in [0.717, 1.165) is 17.5 Å². The monoisotopic (exact) mass is 248 g/mol. The zero-order chi connectivity index (χ0) is 13.2. The first-order chi connectivity index (χ1) is 8.49. The van der Waals surface area contributed by atoms with Crippen molar-refractivity contribution < 1.29 is 0 Å². The summed E-state index contributed by atoms with van der Waals surface area (Å²) in [6, 6.07) is 2.57. The van der Waals surface area contributed by atoms with E-state index < -0.39 is 0 Å². The quantitative estimate of drug-likeness (QED) is 0.862. The summed E-state index contributed by atoms with van der Waals surface area (Å²) in [4.78, 5) is 9.19. The van der Waals surface area contributed by atoms with Gasteiger partial charge in [0.2, 0.25) is 0 Å². The van der Waals surface area contributed by atoms with Crippen LogP contribution in [-0.4, -0.2) is 23.1 Å². The molecule has 0 aliphatic heterocycles. The molecule has 1 aromatic heterocycles. The molecule has 0 saturated heterocycles. The van der Waals surface area contributed by atoms with Gasteiger partial charge in [0, 0.05) is 24.6 Å². The SMILES string of the molecule is CNc1cc(NC2CCCC2)nc(C(C)(C)C)n1. The van der Waals surface area contributed by atoms with Gasteiger partial charge in [0.1, 0.15) is 17.5 Å². The lowest BCUT2D eigenvalue weighted by Crippen LogP contribution is -2.21. The van der Waals surface area contributed by atoms with Crippen LogP contribution >= 0.6 is 0 Å². The average molecular weight is 248 g/mol. The molecule has 0 aromatic carbocycles. The van der Waals surface area contributed by atoms with Gasteiger partial charge >= 0.3 is 0 Å². The maximum atomic E-state index is 4.65. The van der Waals surface area contributed by atoms with Crippen molar-refractivity contribution in [3.8, 4) is 0 Å². The molecule has 1 aromatic rings. The largest absolute Gasteiger partial charge is 0.373 e. The minimum Gasteiger partial charge on any atom is -0.373 e. The number of hydrogen-bond acceptors (Lipinski definition) is 4. The van der Waals surface area contributed by atoms with Gasteiger partial charge in [-0.05, 0) is 12.8 Å². The summed E-state index contributed by atoms with van der Waals surface area (Å²) in [5, 5.41) is 6.65. The maximum absolute atomic E-state index is 4.65. The van der Waals surface area contributed by atoms with Gasteiger partial charge in [-0.1, -0.05) is 33.6 Å². The fourth-order valence-corrected chi connectivity index (χ4v) is 2.26. The van der Waals surface area contributed by atoms with Crippen LogP contribution in [0.4, 0.5) is 11.6 Å². The number of hydrogen-bond donors (Lipinski definition) is 2. The zero-order valence-electron chi connectivity index (χ0n) is 11.9. The van der Waals surface area contributed by atoms with Gasteiger partial charge in [0.15, 0.2) is 0 Å². The average Bonchev–Trinajstić information content (AvgIpc) is 2.80. The van der Waals surface area contributed by atoms with Crippen molar-refractivity contribution in [1.29, 1.82) is 0 Å². The molecule has 0 amide bonds. The van der Waals surface area contributed by atoms with Crippen LogP contribution in [-0.2, 0) is 5.41 Å². The Balaban J connectivity index is 2.23. The lowest BCUT2D eigenvalue weighted by molar-refractivity contribution is 0.546. The van der Waals surface area contributed by atoms with Crippen molar-refractivity contribution in [3.63, 3.8) is 0 Å². The zero-order valence-corrected chi connectivity index (χ0v) is 11.9. The Bertz CT molecular complexity index is 403. The van der Waals surface area contributed by atoms with Crippen LogP contribution in [0.5, 0.6) is 0 Å². The molecular formula is C14H24N4. The molecule has 0 unspecified atom stereocenters. The molecule has 0 radical (unpaired) electrons. The summed E-state index contributed by atoms with van der Waals surface area (Å²) in [5.41, 5.74) is -0.0288. The van der Waals surface area contributed by atoms with Crippen molar-refractivity contribution in [2.24, 2.45) is 0 Å². The molecule has 1 aliphatic rings. The predicted molar refractivity (Wildman–Crippen MR) is 76.2 cm³/mol. The van der Waals surface area contributed by atoms with Gasteiger partial charge in [-0.3, -0.25) is 0 Å². The van der Waals surface area contributed by atoms with E-state index in [2.05, 4.69) is 41.4 Å². The van der Waals surface area contributed by atoms with Gasteiger partial charge < -0.3 is 10.6 Å². The third-order valence-corrected chi connectivity index (χ3v) is 3.36. The van der Waals surface area contributed by atoms with Gasteiger partial charge in [0.05, 0.1) is 0 Å². The van der Waals surface area contributed by atoms with Crippen molar-refractivity contribution in [1.82, 2.24) is 9.97 Å². The molecule has 2 N–H and O–H groups in total. The van der Waals surface area contributed by atoms with E-state index in [4.69, 9.17) is 0 Å². The molecule has 4 heteroatoms. The van der Waals surface area contributed by atoms with E-state index in [1.54, 1.807) is 0 Å². The van der Waals surface area contributed by atoms with Crippen molar-refractivity contribution in [3.05, 3.63) is 11.9 Å². The second-order valence-electron chi connectivity index (χ2n) is 6.09. The molecule has 0 atom stereocenters. The van der Waals surface area contributed by atoms with Crippen LogP contribution in [0.3, 0.4) is 0 Å². The van der Waals surface area contributed by atoms with Gasteiger partial charge in [-0.2, -0.15) is 0 Å². The van der Waals surface area contributed by atoms with E-state index >= 15 is 0 Å². The van der Waals surface area contributed by atoms with Gasteiger partial charge in [0.25, 0.3) is 0 Å². The molecule has 1 heterocycles. The standard InChI is InChI=1S/C14H24N4/c1-14(2,3)13-17-11(15-4)9-12(18-13)16-10-7-5-6-8-10/h9-10H,5-8H2,1-4H3,(H2,15,16,17,18).